The monoisotopic (exact) mass is 280 g/mol. The number of amides is 1. The van der Waals surface area contributed by atoms with E-state index in [1.54, 1.807) is 0 Å². The lowest BCUT2D eigenvalue weighted by Gasteiger charge is -2.33. The fraction of sp³-hybridized carbons (Fsp3) is 0.533. The highest BCUT2D eigenvalue weighted by molar-refractivity contribution is 7.98. The first-order valence-corrected chi connectivity index (χ1v) is 8.28. The van der Waals surface area contributed by atoms with Gasteiger partial charge in [-0.15, -0.1) is 0 Å². The van der Waals surface area contributed by atoms with Crippen molar-refractivity contribution in [2.75, 3.05) is 30.0 Å². The third kappa shape index (κ3) is 4.88. The number of benzene rings is 1. The van der Waals surface area contributed by atoms with E-state index in [4.69, 9.17) is 0 Å². The number of piperazine rings is 1. The van der Waals surface area contributed by atoms with Gasteiger partial charge in [0, 0.05) is 18.3 Å². The van der Waals surface area contributed by atoms with E-state index >= 15 is 0 Å². The molecule has 1 atom stereocenters. The molecule has 19 heavy (non-hydrogen) atoms. The van der Waals surface area contributed by atoms with Crippen molar-refractivity contribution in [1.29, 1.82) is 0 Å². The molecule has 1 aliphatic heterocycles. The Morgan fingerprint density at radius 1 is 1.32 bits per heavy atom. The summed E-state index contributed by atoms with van der Waals surface area (Å²) in [6, 6.07) is 10.3. The molecule has 1 heterocycles. The van der Waals surface area contributed by atoms with Crippen LogP contribution in [0.5, 0.6) is 0 Å². The van der Waals surface area contributed by atoms with Gasteiger partial charge in [-0.25, -0.2) is 0 Å². The van der Waals surface area contributed by atoms with Crippen molar-refractivity contribution in [3.05, 3.63) is 30.3 Å². The highest BCUT2D eigenvalue weighted by Crippen LogP contribution is 2.17. The standard InChI is InChI=1S/C13H18N2OS.C2H6/c1-17-8-7-11-10-15(13(16)9-14-11)12-5-3-2-4-6-12;1-2/h2-6,11,14H,7-10H2,1H3;1-2H3. The number of nitrogens with zero attached hydrogens (tertiary/aromatic N) is 1. The van der Waals surface area contributed by atoms with E-state index in [-0.39, 0.29) is 5.91 Å². The fourth-order valence-electron chi connectivity index (χ4n) is 2.02. The van der Waals surface area contributed by atoms with Gasteiger partial charge < -0.3 is 10.2 Å². The molecule has 0 saturated carbocycles. The van der Waals surface area contributed by atoms with Crippen LogP contribution < -0.4 is 10.2 Å². The summed E-state index contributed by atoms with van der Waals surface area (Å²) in [5.41, 5.74) is 1.01. The quantitative estimate of drug-likeness (QED) is 0.920. The molecule has 3 nitrogen and oxygen atoms in total. The normalized spacial score (nSPS) is 18.8. The van der Waals surface area contributed by atoms with Gasteiger partial charge in [-0.3, -0.25) is 4.79 Å². The van der Waals surface area contributed by atoms with Gasteiger partial charge in [0.05, 0.1) is 6.54 Å². The molecule has 1 saturated heterocycles. The summed E-state index contributed by atoms with van der Waals surface area (Å²) >= 11 is 1.85. The van der Waals surface area contributed by atoms with Crippen molar-refractivity contribution in [2.45, 2.75) is 26.3 Å². The number of nitrogens with one attached hydrogen (secondary N) is 1. The summed E-state index contributed by atoms with van der Waals surface area (Å²) in [4.78, 5) is 13.8. The predicted molar refractivity (Wildman–Crippen MR) is 84.9 cm³/mol. The average molecular weight is 280 g/mol. The third-order valence-corrected chi connectivity index (χ3v) is 3.63. The summed E-state index contributed by atoms with van der Waals surface area (Å²) in [7, 11) is 0. The number of thioether (sulfide) groups is 1. The van der Waals surface area contributed by atoms with E-state index in [1.807, 2.05) is 60.8 Å². The number of rotatable bonds is 4. The van der Waals surface area contributed by atoms with Crippen LogP contribution in [-0.2, 0) is 4.79 Å². The molecule has 0 aliphatic carbocycles. The molecule has 1 unspecified atom stereocenters. The number of anilines is 1. The van der Waals surface area contributed by atoms with Gasteiger partial charge in [0.25, 0.3) is 0 Å². The van der Waals surface area contributed by atoms with Crippen LogP contribution in [-0.4, -0.2) is 37.0 Å². The zero-order chi connectivity index (χ0) is 14.1. The second kappa shape index (κ2) is 8.99. The van der Waals surface area contributed by atoms with Crippen molar-refractivity contribution < 1.29 is 4.79 Å². The summed E-state index contributed by atoms with van der Waals surface area (Å²) < 4.78 is 0. The van der Waals surface area contributed by atoms with Crippen LogP contribution in [0.1, 0.15) is 20.3 Å². The topological polar surface area (TPSA) is 32.3 Å². The molecule has 4 heteroatoms. The average Bonchev–Trinajstić information content (AvgIpc) is 2.49. The van der Waals surface area contributed by atoms with Gasteiger partial charge in [-0.2, -0.15) is 11.8 Å². The van der Waals surface area contributed by atoms with Crippen molar-refractivity contribution in [2.24, 2.45) is 0 Å². The molecule has 0 aromatic heterocycles. The maximum Gasteiger partial charge on any atom is 0.240 e. The molecule has 2 rings (SSSR count). The number of hydrogen-bond acceptors (Lipinski definition) is 3. The summed E-state index contributed by atoms with van der Waals surface area (Å²) in [6.07, 6.45) is 3.22. The number of hydrogen-bond donors (Lipinski definition) is 1. The van der Waals surface area contributed by atoms with E-state index in [2.05, 4.69) is 11.6 Å². The Morgan fingerprint density at radius 2 is 2.00 bits per heavy atom. The van der Waals surface area contributed by atoms with Crippen molar-refractivity contribution in [3.63, 3.8) is 0 Å². The summed E-state index contributed by atoms with van der Waals surface area (Å²) in [6.45, 7) is 5.23. The molecule has 1 N–H and O–H groups in total. The van der Waals surface area contributed by atoms with Crippen molar-refractivity contribution in [3.8, 4) is 0 Å². The Balaban J connectivity index is 0.000000861. The van der Waals surface area contributed by atoms with E-state index in [0.29, 0.717) is 12.6 Å². The highest BCUT2D eigenvalue weighted by atomic mass is 32.2. The maximum atomic E-state index is 11.9. The summed E-state index contributed by atoms with van der Waals surface area (Å²) in [5, 5.41) is 3.30. The molecular formula is C15H24N2OS. The lowest BCUT2D eigenvalue weighted by Crippen LogP contribution is -2.54. The lowest BCUT2D eigenvalue weighted by molar-refractivity contribution is -0.119. The molecule has 0 spiro atoms. The summed E-state index contributed by atoms with van der Waals surface area (Å²) in [5.74, 6) is 1.30. The van der Waals surface area contributed by atoms with Gasteiger partial charge in [0.2, 0.25) is 5.91 Å². The highest BCUT2D eigenvalue weighted by Gasteiger charge is 2.25. The van der Waals surface area contributed by atoms with E-state index < -0.39 is 0 Å². The molecule has 1 fully saturated rings. The predicted octanol–water partition coefficient (Wildman–Crippen LogP) is 2.77. The zero-order valence-corrected chi connectivity index (χ0v) is 12.9. The van der Waals surface area contributed by atoms with Gasteiger partial charge in [0.15, 0.2) is 0 Å². The maximum absolute atomic E-state index is 11.9. The molecule has 106 valence electrons. The first-order valence-electron chi connectivity index (χ1n) is 6.89. The number of carbonyl (C=O) groups excluding carboxylic acids is 1. The van der Waals surface area contributed by atoms with Crippen molar-refractivity contribution in [1.82, 2.24) is 5.32 Å². The van der Waals surface area contributed by atoms with Gasteiger partial charge in [-0.05, 0) is 30.6 Å². The number of carbonyl (C=O) groups is 1. The molecule has 1 amide bonds. The molecule has 1 aromatic carbocycles. The Morgan fingerprint density at radius 3 is 2.63 bits per heavy atom. The molecule has 0 bridgehead atoms. The lowest BCUT2D eigenvalue weighted by atomic mass is 10.1. The van der Waals surface area contributed by atoms with Gasteiger partial charge in [-0.1, -0.05) is 32.0 Å². The molecule has 1 aromatic rings. The van der Waals surface area contributed by atoms with E-state index in [9.17, 15) is 4.79 Å². The Labute approximate surface area is 120 Å². The molecule has 0 radical (unpaired) electrons. The van der Waals surface area contributed by atoms with Crippen LogP contribution in [0, 0.1) is 0 Å². The number of para-hydroxylation sites is 1. The van der Waals surface area contributed by atoms with Crippen LogP contribution in [0.2, 0.25) is 0 Å². The Bertz CT molecular complexity index is 370. The van der Waals surface area contributed by atoms with Crippen LogP contribution in [0.4, 0.5) is 5.69 Å². The minimum absolute atomic E-state index is 0.164. The Kier molecular flexibility index (Phi) is 7.60. The SMILES string of the molecule is CC.CSCCC1CN(c2ccccc2)C(=O)CN1. The second-order valence-corrected chi connectivity index (χ2v) is 5.18. The smallest absolute Gasteiger partial charge is 0.240 e. The fourth-order valence-corrected chi connectivity index (χ4v) is 2.54. The van der Waals surface area contributed by atoms with Gasteiger partial charge >= 0.3 is 0 Å². The first kappa shape index (κ1) is 16.1. The third-order valence-electron chi connectivity index (χ3n) is 2.98. The first-order chi connectivity index (χ1) is 9.31. The van der Waals surface area contributed by atoms with Crippen molar-refractivity contribution >= 4 is 23.4 Å². The second-order valence-electron chi connectivity index (χ2n) is 4.20. The van der Waals surface area contributed by atoms with E-state index in [0.717, 1.165) is 24.4 Å². The van der Waals surface area contributed by atoms with Crippen LogP contribution in [0.15, 0.2) is 30.3 Å². The van der Waals surface area contributed by atoms with Gasteiger partial charge in [0.1, 0.15) is 0 Å². The van der Waals surface area contributed by atoms with E-state index in [1.165, 1.54) is 0 Å². The van der Waals surface area contributed by atoms with Crippen LogP contribution >= 0.6 is 11.8 Å². The molecular weight excluding hydrogens is 256 g/mol. The Hall–Kier alpha value is -1.00. The van der Waals surface area contributed by atoms with Crippen LogP contribution in [0.25, 0.3) is 0 Å². The minimum atomic E-state index is 0.164. The minimum Gasteiger partial charge on any atom is -0.310 e. The van der Waals surface area contributed by atoms with Crippen LogP contribution in [0.3, 0.4) is 0 Å². The largest absolute Gasteiger partial charge is 0.310 e. The zero-order valence-electron chi connectivity index (χ0n) is 12.1. The molecule has 1 aliphatic rings.